The third-order valence-corrected chi connectivity index (χ3v) is 3.59. The first-order chi connectivity index (χ1) is 10.0. The second-order valence-corrected chi connectivity index (χ2v) is 5.00. The molecule has 2 rings (SSSR count). The molecule has 1 N–H and O–H groups in total. The standard InChI is InChI=1S/C15H14N2O3S/c1-10-11(5-4-7-13(10)17(19)20)9-16-15(18)12-6-2-3-8-14(12)21/h2-8,21H,9H2,1H3,(H,16,18). The van der Waals surface area contributed by atoms with Crippen LogP contribution in [0.4, 0.5) is 5.69 Å². The molecule has 0 aromatic heterocycles. The summed E-state index contributed by atoms with van der Waals surface area (Å²) in [7, 11) is 0. The molecule has 0 fully saturated rings. The lowest BCUT2D eigenvalue weighted by Gasteiger charge is -2.09. The number of carbonyl (C=O) groups is 1. The molecule has 0 saturated carbocycles. The number of hydrogen-bond donors (Lipinski definition) is 2. The molecule has 2 aromatic carbocycles. The molecule has 21 heavy (non-hydrogen) atoms. The highest BCUT2D eigenvalue weighted by atomic mass is 32.1. The highest BCUT2D eigenvalue weighted by Crippen LogP contribution is 2.21. The predicted molar refractivity (Wildman–Crippen MR) is 82.7 cm³/mol. The van der Waals surface area contributed by atoms with Crippen LogP contribution in [-0.2, 0) is 6.54 Å². The monoisotopic (exact) mass is 302 g/mol. The van der Waals surface area contributed by atoms with Crippen molar-refractivity contribution in [2.75, 3.05) is 0 Å². The predicted octanol–water partition coefficient (Wildman–Crippen LogP) is 3.12. The Morgan fingerprint density at radius 2 is 1.95 bits per heavy atom. The molecule has 2 aromatic rings. The van der Waals surface area contributed by atoms with Crippen LogP contribution in [0.1, 0.15) is 21.5 Å². The Morgan fingerprint density at radius 3 is 2.62 bits per heavy atom. The Morgan fingerprint density at radius 1 is 1.24 bits per heavy atom. The van der Waals surface area contributed by atoms with E-state index in [9.17, 15) is 14.9 Å². The quantitative estimate of drug-likeness (QED) is 0.518. The van der Waals surface area contributed by atoms with Crippen LogP contribution in [0.3, 0.4) is 0 Å². The highest BCUT2D eigenvalue weighted by Gasteiger charge is 2.14. The van der Waals surface area contributed by atoms with E-state index in [1.807, 2.05) is 0 Å². The maximum atomic E-state index is 12.1. The molecule has 0 unspecified atom stereocenters. The zero-order chi connectivity index (χ0) is 15.4. The van der Waals surface area contributed by atoms with Crippen LogP contribution in [0.5, 0.6) is 0 Å². The lowest BCUT2D eigenvalue weighted by Crippen LogP contribution is -2.23. The van der Waals surface area contributed by atoms with Crippen molar-refractivity contribution in [3.63, 3.8) is 0 Å². The molecule has 0 radical (unpaired) electrons. The molecule has 0 bridgehead atoms. The molecule has 5 nitrogen and oxygen atoms in total. The number of nitro benzene ring substituents is 1. The van der Waals surface area contributed by atoms with E-state index in [2.05, 4.69) is 17.9 Å². The first-order valence-electron chi connectivity index (χ1n) is 6.29. The minimum atomic E-state index is -0.427. The molecular formula is C15H14N2O3S. The van der Waals surface area contributed by atoms with Crippen molar-refractivity contribution in [2.45, 2.75) is 18.4 Å². The van der Waals surface area contributed by atoms with E-state index in [4.69, 9.17) is 0 Å². The van der Waals surface area contributed by atoms with Crippen LogP contribution in [-0.4, -0.2) is 10.8 Å². The summed E-state index contributed by atoms with van der Waals surface area (Å²) in [4.78, 5) is 23.1. The summed E-state index contributed by atoms with van der Waals surface area (Å²) < 4.78 is 0. The van der Waals surface area contributed by atoms with Crippen LogP contribution in [0.25, 0.3) is 0 Å². The summed E-state index contributed by atoms with van der Waals surface area (Å²) in [6.07, 6.45) is 0. The van der Waals surface area contributed by atoms with Gasteiger partial charge >= 0.3 is 0 Å². The third kappa shape index (κ3) is 3.41. The Hall–Kier alpha value is -2.34. The van der Waals surface area contributed by atoms with E-state index in [-0.39, 0.29) is 18.1 Å². The third-order valence-electron chi connectivity index (χ3n) is 3.20. The van der Waals surface area contributed by atoms with Crippen molar-refractivity contribution in [2.24, 2.45) is 0 Å². The summed E-state index contributed by atoms with van der Waals surface area (Å²) in [5.74, 6) is -0.258. The minimum absolute atomic E-state index is 0.0522. The van der Waals surface area contributed by atoms with Gasteiger partial charge in [0.05, 0.1) is 10.5 Å². The summed E-state index contributed by atoms with van der Waals surface area (Å²) in [6, 6.07) is 11.8. The van der Waals surface area contributed by atoms with E-state index in [0.717, 1.165) is 0 Å². The van der Waals surface area contributed by atoms with Crippen LogP contribution in [0, 0.1) is 17.0 Å². The Kier molecular flexibility index (Phi) is 4.59. The van der Waals surface area contributed by atoms with Crippen molar-refractivity contribution >= 4 is 24.2 Å². The summed E-state index contributed by atoms with van der Waals surface area (Å²) in [6.45, 7) is 1.90. The Labute approximate surface area is 127 Å². The maximum absolute atomic E-state index is 12.1. The minimum Gasteiger partial charge on any atom is -0.348 e. The molecule has 0 heterocycles. The normalized spacial score (nSPS) is 10.2. The smallest absolute Gasteiger partial charge is 0.272 e. The lowest BCUT2D eigenvalue weighted by molar-refractivity contribution is -0.385. The van der Waals surface area contributed by atoms with Crippen molar-refractivity contribution in [1.29, 1.82) is 0 Å². The fraction of sp³-hybridized carbons (Fsp3) is 0.133. The maximum Gasteiger partial charge on any atom is 0.272 e. The molecule has 108 valence electrons. The van der Waals surface area contributed by atoms with Gasteiger partial charge in [0.15, 0.2) is 0 Å². The fourth-order valence-electron chi connectivity index (χ4n) is 2.00. The zero-order valence-corrected chi connectivity index (χ0v) is 12.3. The van der Waals surface area contributed by atoms with E-state index in [1.165, 1.54) is 6.07 Å². The van der Waals surface area contributed by atoms with E-state index in [0.29, 0.717) is 21.6 Å². The van der Waals surface area contributed by atoms with Crippen molar-refractivity contribution in [3.05, 3.63) is 69.3 Å². The fourth-order valence-corrected chi connectivity index (χ4v) is 2.26. The van der Waals surface area contributed by atoms with Gasteiger partial charge in [0.1, 0.15) is 0 Å². The average Bonchev–Trinajstić information content (AvgIpc) is 2.46. The van der Waals surface area contributed by atoms with Gasteiger partial charge in [-0.15, -0.1) is 12.6 Å². The van der Waals surface area contributed by atoms with Gasteiger partial charge in [-0.1, -0.05) is 24.3 Å². The van der Waals surface area contributed by atoms with Gasteiger partial charge in [-0.3, -0.25) is 14.9 Å². The number of amides is 1. The second-order valence-electron chi connectivity index (χ2n) is 4.52. The Balaban J connectivity index is 2.14. The molecule has 0 spiro atoms. The highest BCUT2D eigenvalue weighted by molar-refractivity contribution is 7.80. The molecular weight excluding hydrogens is 288 g/mol. The number of thiol groups is 1. The Bertz CT molecular complexity index is 701. The van der Waals surface area contributed by atoms with Gasteiger partial charge in [-0.25, -0.2) is 0 Å². The van der Waals surface area contributed by atoms with Crippen molar-refractivity contribution in [1.82, 2.24) is 5.32 Å². The molecule has 0 aliphatic rings. The number of nitro groups is 1. The van der Waals surface area contributed by atoms with Gasteiger partial charge in [0.25, 0.3) is 11.6 Å². The topological polar surface area (TPSA) is 72.2 Å². The number of rotatable bonds is 4. The molecule has 0 aliphatic carbocycles. The van der Waals surface area contributed by atoms with Crippen molar-refractivity contribution in [3.8, 4) is 0 Å². The summed E-state index contributed by atoms with van der Waals surface area (Å²) in [5.41, 5.74) is 1.80. The van der Waals surface area contributed by atoms with Crippen molar-refractivity contribution < 1.29 is 9.72 Å². The van der Waals surface area contributed by atoms with Gasteiger partial charge in [0, 0.05) is 23.1 Å². The van der Waals surface area contributed by atoms with Gasteiger partial charge < -0.3 is 5.32 Å². The summed E-state index contributed by atoms with van der Waals surface area (Å²) in [5, 5.41) is 13.6. The SMILES string of the molecule is Cc1c(CNC(=O)c2ccccc2S)cccc1[N+](=O)[O-]. The van der Waals surface area contributed by atoms with Crippen LogP contribution >= 0.6 is 12.6 Å². The van der Waals surface area contributed by atoms with E-state index in [1.54, 1.807) is 43.3 Å². The first-order valence-corrected chi connectivity index (χ1v) is 6.74. The largest absolute Gasteiger partial charge is 0.348 e. The van der Waals surface area contributed by atoms with Gasteiger partial charge in [-0.05, 0) is 24.6 Å². The number of hydrogen-bond acceptors (Lipinski definition) is 4. The number of nitrogens with zero attached hydrogens (tertiary/aromatic N) is 1. The molecule has 0 atom stereocenters. The summed E-state index contributed by atoms with van der Waals surface area (Å²) >= 11 is 4.23. The number of carbonyl (C=O) groups excluding carboxylic acids is 1. The van der Waals surface area contributed by atoms with Crippen LogP contribution < -0.4 is 5.32 Å². The molecule has 1 amide bonds. The van der Waals surface area contributed by atoms with Gasteiger partial charge in [-0.2, -0.15) is 0 Å². The number of nitrogens with one attached hydrogen (secondary N) is 1. The number of benzene rings is 2. The van der Waals surface area contributed by atoms with E-state index < -0.39 is 4.92 Å². The van der Waals surface area contributed by atoms with E-state index >= 15 is 0 Å². The van der Waals surface area contributed by atoms with Gasteiger partial charge in [0.2, 0.25) is 0 Å². The average molecular weight is 302 g/mol. The van der Waals surface area contributed by atoms with Crippen LogP contribution in [0.2, 0.25) is 0 Å². The molecule has 6 heteroatoms. The molecule has 0 aliphatic heterocycles. The first kappa shape index (κ1) is 15.1. The van der Waals surface area contributed by atoms with Crippen LogP contribution in [0.15, 0.2) is 47.4 Å². The lowest BCUT2D eigenvalue weighted by atomic mass is 10.1. The zero-order valence-electron chi connectivity index (χ0n) is 11.4. The second kappa shape index (κ2) is 6.41. The molecule has 0 saturated heterocycles.